The summed E-state index contributed by atoms with van der Waals surface area (Å²) < 4.78 is 0. The van der Waals surface area contributed by atoms with Gasteiger partial charge >= 0.3 is 5.97 Å². The van der Waals surface area contributed by atoms with Crippen molar-refractivity contribution in [2.75, 3.05) is 13.1 Å². The maximum absolute atomic E-state index is 11.8. The number of nitrogens with zero attached hydrogens (tertiary/aromatic N) is 1. The van der Waals surface area contributed by atoms with E-state index in [1.165, 1.54) is 0 Å². The van der Waals surface area contributed by atoms with Crippen LogP contribution < -0.4 is 5.73 Å². The number of nitrogens with two attached hydrogens (primary N) is 1. The molecule has 1 atom stereocenters. The van der Waals surface area contributed by atoms with E-state index in [1.807, 2.05) is 13.8 Å². The SMILES string of the molecule is CC(C)(N)CCC(=O)N1CCC(CC(=O)O)C1. The molecule has 0 bridgehead atoms. The Labute approximate surface area is 102 Å². The molecule has 1 unspecified atom stereocenters. The van der Waals surface area contributed by atoms with Crippen molar-refractivity contribution < 1.29 is 14.7 Å². The second kappa shape index (κ2) is 5.49. The number of likely N-dealkylation sites (tertiary alicyclic amines) is 1. The highest BCUT2D eigenvalue weighted by atomic mass is 16.4. The number of carboxylic acids is 1. The molecule has 1 aliphatic rings. The molecule has 1 fully saturated rings. The van der Waals surface area contributed by atoms with Crippen molar-refractivity contribution in [1.82, 2.24) is 4.90 Å². The lowest BCUT2D eigenvalue weighted by molar-refractivity contribution is -0.138. The van der Waals surface area contributed by atoms with Crippen molar-refractivity contribution in [2.45, 2.75) is 45.1 Å². The summed E-state index contributed by atoms with van der Waals surface area (Å²) in [6, 6.07) is 0. The number of hydrogen-bond donors (Lipinski definition) is 2. The third-order valence-electron chi connectivity index (χ3n) is 3.09. The summed E-state index contributed by atoms with van der Waals surface area (Å²) in [6.07, 6.45) is 2.06. The number of rotatable bonds is 5. The average Bonchev–Trinajstić information content (AvgIpc) is 2.60. The van der Waals surface area contributed by atoms with Gasteiger partial charge in [0.2, 0.25) is 5.91 Å². The second-order valence-corrected chi connectivity index (χ2v) is 5.58. The van der Waals surface area contributed by atoms with Crippen molar-refractivity contribution in [2.24, 2.45) is 11.7 Å². The molecule has 98 valence electrons. The zero-order valence-corrected chi connectivity index (χ0v) is 10.6. The summed E-state index contributed by atoms with van der Waals surface area (Å²) in [5.74, 6) is -0.578. The minimum atomic E-state index is -0.785. The molecule has 5 nitrogen and oxygen atoms in total. The first-order chi connectivity index (χ1) is 7.78. The molecule has 0 aromatic carbocycles. The van der Waals surface area contributed by atoms with Crippen molar-refractivity contribution >= 4 is 11.9 Å². The highest BCUT2D eigenvalue weighted by molar-refractivity contribution is 5.76. The minimum Gasteiger partial charge on any atom is -0.481 e. The summed E-state index contributed by atoms with van der Waals surface area (Å²) in [5.41, 5.74) is 5.50. The minimum absolute atomic E-state index is 0.0939. The van der Waals surface area contributed by atoms with E-state index >= 15 is 0 Å². The molecule has 0 aromatic rings. The van der Waals surface area contributed by atoms with Gasteiger partial charge < -0.3 is 15.7 Å². The fourth-order valence-corrected chi connectivity index (χ4v) is 2.06. The standard InChI is InChI=1S/C12H22N2O3/c1-12(2,13)5-3-10(15)14-6-4-9(8-14)7-11(16)17/h9H,3-8,13H2,1-2H3,(H,16,17). The van der Waals surface area contributed by atoms with Crippen LogP contribution in [0, 0.1) is 5.92 Å². The molecule has 1 amide bonds. The molecule has 1 aliphatic heterocycles. The number of carbonyl (C=O) groups excluding carboxylic acids is 1. The van der Waals surface area contributed by atoms with Crippen LogP contribution in [0.15, 0.2) is 0 Å². The lowest BCUT2D eigenvalue weighted by Gasteiger charge is -2.21. The van der Waals surface area contributed by atoms with Crippen LogP contribution >= 0.6 is 0 Å². The first-order valence-corrected chi connectivity index (χ1v) is 6.06. The monoisotopic (exact) mass is 242 g/mol. The quantitative estimate of drug-likeness (QED) is 0.748. The van der Waals surface area contributed by atoms with Crippen molar-refractivity contribution in [3.63, 3.8) is 0 Å². The lowest BCUT2D eigenvalue weighted by atomic mass is 10.00. The molecule has 0 aromatic heterocycles. The highest BCUT2D eigenvalue weighted by Crippen LogP contribution is 2.21. The summed E-state index contributed by atoms with van der Waals surface area (Å²) in [4.78, 5) is 24.2. The van der Waals surface area contributed by atoms with Gasteiger partial charge in [-0.05, 0) is 32.6 Å². The molecule has 0 aliphatic carbocycles. The maximum atomic E-state index is 11.8. The molecule has 0 spiro atoms. The van der Waals surface area contributed by atoms with Crippen LogP contribution in [-0.4, -0.2) is 40.5 Å². The Bertz CT molecular complexity index is 297. The van der Waals surface area contributed by atoms with Gasteiger partial charge in [-0.3, -0.25) is 9.59 Å². The first kappa shape index (κ1) is 14.0. The molecular formula is C12H22N2O3. The van der Waals surface area contributed by atoms with E-state index in [-0.39, 0.29) is 23.8 Å². The molecular weight excluding hydrogens is 220 g/mol. The normalized spacial score (nSPS) is 20.6. The van der Waals surface area contributed by atoms with Gasteiger partial charge in [-0.15, -0.1) is 0 Å². The van der Waals surface area contributed by atoms with Crippen molar-refractivity contribution in [3.8, 4) is 0 Å². The van der Waals surface area contributed by atoms with E-state index < -0.39 is 5.97 Å². The summed E-state index contributed by atoms with van der Waals surface area (Å²) in [7, 11) is 0. The number of carboxylic acid groups (broad SMARTS) is 1. The summed E-state index contributed by atoms with van der Waals surface area (Å²) in [6.45, 7) is 5.06. The summed E-state index contributed by atoms with van der Waals surface area (Å²) >= 11 is 0. The van der Waals surface area contributed by atoms with Gasteiger partial charge in [0.05, 0.1) is 0 Å². The van der Waals surface area contributed by atoms with E-state index in [0.717, 1.165) is 6.42 Å². The van der Waals surface area contributed by atoms with Crippen LogP contribution in [0.5, 0.6) is 0 Å². The van der Waals surface area contributed by atoms with Crippen LogP contribution in [0.3, 0.4) is 0 Å². The number of hydrogen-bond acceptors (Lipinski definition) is 3. The molecule has 1 rings (SSSR count). The molecule has 17 heavy (non-hydrogen) atoms. The fourth-order valence-electron chi connectivity index (χ4n) is 2.06. The number of aliphatic carboxylic acids is 1. The number of carbonyl (C=O) groups is 2. The Hall–Kier alpha value is -1.10. The topological polar surface area (TPSA) is 83.6 Å². The highest BCUT2D eigenvalue weighted by Gasteiger charge is 2.28. The third kappa shape index (κ3) is 5.17. The lowest BCUT2D eigenvalue weighted by Crippen LogP contribution is -2.35. The van der Waals surface area contributed by atoms with Gasteiger partial charge in [-0.25, -0.2) is 0 Å². The molecule has 1 saturated heterocycles. The predicted octanol–water partition coefficient (Wildman–Crippen LogP) is 0.827. The molecule has 1 heterocycles. The van der Waals surface area contributed by atoms with Crippen LogP contribution in [0.1, 0.15) is 39.5 Å². The first-order valence-electron chi connectivity index (χ1n) is 6.06. The van der Waals surface area contributed by atoms with Crippen LogP contribution in [0.4, 0.5) is 0 Å². The Kier molecular flexibility index (Phi) is 4.51. The van der Waals surface area contributed by atoms with E-state index in [2.05, 4.69) is 0 Å². The van der Waals surface area contributed by atoms with Crippen LogP contribution in [-0.2, 0) is 9.59 Å². The van der Waals surface area contributed by atoms with Gasteiger partial charge in [0, 0.05) is 31.5 Å². The molecule has 0 radical (unpaired) electrons. The van der Waals surface area contributed by atoms with Crippen molar-refractivity contribution in [3.05, 3.63) is 0 Å². The van der Waals surface area contributed by atoms with E-state index in [0.29, 0.717) is 25.9 Å². The van der Waals surface area contributed by atoms with Gasteiger partial charge in [0.25, 0.3) is 0 Å². The van der Waals surface area contributed by atoms with Gasteiger partial charge in [-0.2, -0.15) is 0 Å². The number of amides is 1. The van der Waals surface area contributed by atoms with Crippen LogP contribution in [0.2, 0.25) is 0 Å². The van der Waals surface area contributed by atoms with Gasteiger partial charge in [-0.1, -0.05) is 0 Å². The van der Waals surface area contributed by atoms with Gasteiger partial charge in [0.1, 0.15) is 0 Å². The second-order valence-electron chi connectivity index (χ2n) is 5.58. The van der Waals surface area contributed by atoms with E-state index in [4.69, 9.17) is 10.8 Å². The van der Waals surface area contributed by atoms with E-state index in [1.54, 1.807) is 4.90 Å². The van der Waals surface area contributed by atoms with Gasteiger partial charge in [0.15, 0.2) is 0 Å². The zero-order chi connectivity index (χ0) is 13.1. The van der Waals surface area contributed by atoms with E-state index in [9.17, 15) is 9.59 Å². The largest absolute Gasteiger partial charge is 0.481 e. The smallest absolute Gasteiger partial charge is 0.303 e. The van der Waals surface area contributed by atoms with Crippen molar-refractivity contribution in [1.29, 1.82) is 0 Å². The molecule has 0 saturated carbocycles. The Morgan fingerprint density at radius 1 is 1.47 bits per heavy atom. The Morgan fingerprint density at radius 2 is 2.12 bits per heavy atom. The van der Waals surface area contributed by atoms with Crippen LogP contribution in [0.25, 0.3) is 0 Å². The maximum Gasteiger partial charge on any atom is 0.303 e. The third-order valence-corrected chi connectivity index (χ3v) is 3.09. The Morgan fingerprint density at radius 3 is 2.65 bits per heavy atom. The molecule has 5 heteroatoms. The predicted molar refractivity (Wildman–Crippen MR) is 64.4 cm³/mol. The Balaban J connectivity index is 2.33. The summed E-state index contributed by atoms with van der Waals surface area (Å²) in [5, 5.41) is 8.69. The molecule has 3 N–H and O–H groups in total. The fraction of sp³-hybridized carbons (Fsp3) is 0.833. The zero-order valence-electron chi connectivity index (χ0n) is 10.6. The average molecular weight is 242 g/mol.